The molecular formula is C28H23N3O4S. The summed E-state index contributed by atoms with van der Waals surface area (Å²) in [6, 6.07) is 27.3. The predicted molar refractivity (Wildman–Crippen MR) is 137 cm³/mol. The van der Waals surface area contributed by atoms with Gasteiger partial charge in [-0.05, 0) is 41.8 Å². The first-order valence-corrected chi connectivity index (χ1v) is 12.8. The fraction of sp³-hybridized carbons (Fsp3) is 0.107. The molecule has 0 amide bonds. The van der Waals surface area contributed by atoms with Crippen molar-refractivity contribution in [1.82, 2.24) is 9.29 Å². The Labute approximate surface area is 209 Å². The number of aromatic nitrogens is 1. The molecule has 0 aliphatic carbocycles. The van der Waals surface area contributed by atoms with Gasteiger partial charge in [-0.25, -0.2) is 13.4 Å². The standard InChI is InChI=1S/C28H23N3O4S/c1-20-12-15-24(16-13-20)36(34,35)30-27(21-8-4-2-5-9-21)18-25(28(30)22-10-6-3-7-11-22)26-17-14-23(19-29-26)31(32)33/h2-19,27-28H,1H3/t27-,28-/m0/s1. The molecule has 3 aromatic carbocycles. The zero-order valence-electron chi connectivity index (χ0n) is 19.4. The van der Waals surface area contributed by atoms with Gasteiger partial charge in [0.15, 0.2) is 0 Å². The highest BCUT2D eigenvalue weighted by Crippen LogP contribution is 2.50. The molecule has 2 atom stereocenters. The normalized spacial score (nSPS) is 18.1. The Morgan fingerprint density at radius 1 is 0.833 bits per heavy atom. The van der Waals surface area contributed by atoms with Crippen LogP contribution in [0.4, 0.5) is 5.69 Å². The lowest BCUT2D eigenvalue weighted by Crippen LogP contribution is -2.34. The van der Waals surface area contributed by atoms with E-state index in [0.29, 0.717) is 11.3 Å². The summed E-state index contributed by atoms with van der Waals surface area (Å²) in [5, 5.41) is 11.2. The molecule has 180 valence electrons. The van der Waals surface area contributed by atoms with Crippen molar-refractivity contribution >= 4 is 21.3 Å². The predicted octanol–water partition coefficient (Wildman–Crippen LogP) is 5.87. The van der Waals surface area contributed by atoms with Crippen molar-refractivity contribution in [3.8, 4) is 0 Å². The zero-order chi connectivity index (χ0) is 25.3. The number of hydrogen-bond donors (Lipinski definition) is 0. The van der Waals surface area contributed by atoms with Gasteiger partial charge in [0, 0.05) is 6.07 Å². The van der Waals surface area contributed by atoms with Crippen LogP contribution in [-0.4, -0.2) is 22.6 Å². The van der Waals surface area contributed by atoms with E-state index in [-0.39, 0.29) is 10.6 Å². The average molecular weight is 498 g/mol. The lowest BCUT2D eigenvalue weighted by atomic mass is 9.98. The molecule has 8 heteroatoms. The van der Waals surface area contributed by atoms with E-state index in [1.54, 1.807) is 30.3 Å². The lowest BCUT2D eigenvalue weighted by molar-refractivity contribution is -0.385. The Morgan fingerprint density at radius 3 is 2.00 bits per heavy atom. The van der Waals surface area contributed by atoms with Gasteiger partial charge >= 0.3 is 0 Å². The van der Waals surface area contributed by atoms with Crippen LogP contribution in [0.15, 0.2) is 114 Å². The largest absolute Gasteiger partial charge is 0.287 e. The summed E-state index contributed by atoms with van der Waals surface area (Å²) in [4.78, 5) is 15.2. The minimum atomic E-state index is -3.97. The number of benzene rings is 3. The molecule has 36 heavy (non-hydrogen) atoms. The SMILES string of the molecule is Cc1ccc(S(=O)(=O)N2[C@@H](c3ccccc3)C(c3ccc([N+](=O)[O-])cn3)=C[C@H]2c2ccccc2)cc1. The third-order valence-electron chi connectivity index (χ3n) is 6.27. The van der Waals surface area contributed by atoms with Crippen LogP contribution in [0.1, 0.15) is 34.5 Å². The van der Waals surface area contributed by atoms with Gasteiger partial charge in [0.1, 0.15) is 6.20 Å². The number of sulfonamides is 1. The highest BCUT2D eigenvalue weighted by Gasteiger charge is 2.45. The van der Waals surface area contributed by atoms with Crippen LogP contribution in [0.2, 0.25) is 0 Å². The molecule has 0 radical (unpaired) electrons. The van der Waals surface area contributed by atoms with Crippen LogP contribution in [0.3, 0.4) is 0 Å². The highest BCUT2D eigenvalue weighted by atomic mass is 32.2. The van der Waals surface area contributed by atoms with Crippen molar-refractivity contribution in [2.45, 2.75) is 23.9 Å². The van der Waals surface area contributed by atoms with Crippen molar-refractivity contribution in [2.24, 2.45) is 0 Å². The van der Waals surface area contributed by atoms with Gasteiger partial charge in [-0.15, -0.1) is 0 Å². The molecule has 0 saturated carbocycles. The first-order valence-electron chi connectivity index (χ1n) is 11.4. The Morgan fingerprint density at radius 2 is 1.44 bits per heavy atom. The van der Waals surface area contributed by atoms with Gasteiger partial charge in [-0.3, -0.25) is 10.1 Å². The monoisotopic (exact) mass is 497 g/mol. The maximum atomic E-state index is 14.2. The van der Waals surface area contributed by atoms with E-state index in [4.69, 9.17) is 0 Å². The molecule has 5 rings (SSSR count). The lowest BCUT2D eigenvalue weighted by Gasteiger charge is -2.31. The first kappa shape index (κ1) is 23.6. The molecule has 1 aliphatic heterocycles. The minimum Gasteiger partial charge on any atom is -0.258 e. The van der Waals surface area contributed by atoms with Crippen LogP contribution in [0.25, 0.3) is 5.57 Å². The molecule has 0 saturated heterocycles. The number of pyridine rings is 1. The van der Waals surface area contributed by atoms with E-state index < -0.39 is 27.0 Å². The molecule has 0 spiro atoms. The highest BCUT2D eigenvalue weighted by molar-refractivity contribution is 7.89. The quantitative estimate of drug-likeness (QED) is 0.245. The maximum absolute atomic E-state index is 14.2. The smallest absolute Gasteiger partial charge is 0.258 e. The summed E-state index contributed by atoms with van der Waals surface area (Å²) in [6.07, 6.45) is 3.10. The van der Waals surface area contributed by atoms with E-state index >= 15 is 0 Å². The fourth-order valence-corrected chi connectivity index (χ4v) is 6.22. The molecule has 1 aromatic heterocycles. The molecule has 2 heterocycles. The number of nitrogens with zero attached hydrogens (tertiary/aromatic N) is 3. The third-order valence-corrected chi connectivity index (χ3v) is 8.13. The number of nitro groups is 1. The van der Waals surface area contributed by atoms with Gasteiger partial charge < -0.3 is 0 Å². The summed E-state index contributed by atoms with van der Waals surface area (Å²) in [7, 11) is -3.97. The van der Waals surface area contributed by atoms with E-state index in [1.165, 1.54) is 16.6 Å². The Balaban J connectivity index is 1.73. The van der Waals surface area contributed by atoms with Crippen molar-refractivity contribution in [1.29, 1.82) is 0 Å². The molecule has 7 nitrogen and oxygen atoms in total. The molecule has 0 fully saturated rings. The van der Waals surface area contributed by atoms with Crippen LogP contribution in [0, 0.1) is 17.0 Å². The van der Waals surface area contributed by atoms with E-state index in [9.17, 15) is 18.5 Å². The topological polar surface area (TPSA) is 93.4 Å². The van der Waals surface area contributed by atoms with Crippen molar-refractivity contribution in [3.63, 3.8) is 0 Å². The van der Waals surface area contributed by atoms with Gasteiger partial charge in [0.05, 0.1) is 27.6 Å². The second kappa shape index (κ2) is 9.49. The minimum absolute atomic E-state index is 0.127. The number of rotatable bonds is 6. The van der Waals surface area contributed by atoms with Crippen LogP contribution < -0.4 is 0 Å². The van der Waals surface area contributed by atoms with E-state index in [2.05, 4.69) is 4.98 Å². The summed E-state index contributed by atoms with van der Waals surface area (Å²) >= 11 is 0. The summed E-state index contributed by atoms with van der Waals surface area (Å²) in [6.45, 7) is 1.91. The first-order chi connectivity index (χ1) is 17.4. The maximum Gasteiger partial charge on any atom is 0.287 e. The van der Waals surface area contributed by atoms with Gasteiger partial charge in [0.2, 0.25) is 10.0 Å². The van der Waals surface area contributed by atoms with Crippen LogP contribution in [0.5, 0.6) is 0 Å². The molecule has 4 aromatic rings. The molecular weight excluding hydrogens is 474 g/mol. The van der Waals surface area contributed by atoms with E-state index in [0.717, 1.165) is 16.7 Å². The summed E-state index contributed by atoms with van der Waals surface area (Å²) in [5.74, 6) is 0. The van der Waals surface area contributed by atoms with Crippen LogP contribution >= 0.6 is 0 Å². The van der Waals surface area contributed by atoms with E-state index in [1.807, 2.05) is 73.7 Å². The Bertz CT molecular complexity index is 1520. The van der Waals surface area contributed by atoms with Crippen molar-refractivity contribution < 1.29 is 13.3 Å². The zero-order valence-corrected chi connectivity index (χ0v) is 20.2. The Hall–Kier alpha value is -4.14. The molecule has 1 aliphatic rings. The number of hydrogen-bond acceptors (Lipinski definition) is 5. The van der Waals surface area contributed by atoms with Crippen LogP contribution in [-0.2, 0) is 10.0 Å². The van der Waals surface area contributed by atoms with Crippen molar-refractivity contribution in [3.05, 3.63) is 142 Å². The van der Waals surface area contributed by atoms with Gasteiger partial charge in [0.25, 0.3) is 5.69 Å². The second-order valence-electron chi connectivity index (χ2n) is 8.60. The average Bonchev–Trinajstić information content (AvgIpc) is 3.32. The molecule has 0 N–H and O–H groups in total. The fourth-order valence-electron chi connectivity index (χ4n) is 4.50. The number of aryl methyl sites for hydroxylation is 1. The summed E-state index contributed by atoms with van der Waals surface area (Å²) < 4.78 is 29.9. The molecule has 0 bridgehead atoms. The molecule has 0 unspecified atom stereocenters. The van der Waals surface area contributed by atoms with Gasteiger partial charge in [-0.1, -0.05) is 84.4 Å². The van der Waals surface area contributed by atoms with Crippen molar-refractivity contribution in [2.75, 3.05) is 0 Å². The second-order valence-corrected chi connectivity index (χ2v) is 10.4. The Kier molecular flexibility index (Phi) is 6.22. The summed E-state index contributed by atoms with van der Waals surface area (Å²) in [5.41, 5.74) is 3.57. The van der Waals surface area contributed by atoms with Gasteiger partial charge in [-0.2, -0.15) is 4.31 Å². The third kappa shape index (κ3) is 4.32.